The van der Waals surface area contributed by atoms with E-state index >= 15 is 0 Å². The average molecular weight is 173 g/mol. The van der Waals surface area contributed by atoms with Crippen LogP contribution in [0.4, 0.5) is 0 Å². The molecule has 18 valence electrons. The first kappa shape index (κ1) is 4.71. The van der Waals surface area contributed by atoms with E-state index in [9.17, 15) is 0 Å². The van der Waals surface area contributed by atoms with E-state index in [2.05, 4.69) is 0 Å². The Balaban J connectivity index is 2.43. The van der Waals surface area contributed by atoms with Gasteiger partial charge in [-0.1, -0.05) is 0 Å². The number of rotatable bonds is 0. The van der Waals surface area contributed by atoms with Crippen LogP contribution in [0.2, 0.25) is 0 Å². The van der Waals surface area contributed by atoms with E-state index in [0.29, 0.717) is 0 Å². The molecular formula is CInNS. The minimum absolute atomic E-state index is 0.996. The van der Waals surface area contributed by atoms with Crippen LogP contribution in [0.15, 0.2) is 0 Å². The molecule has 0 saturated carbocycles. The van der Waals surface area contributed by atoms with Crippen LogP contribution in [0.25, 0.3) is 0 Å². The Kier molecular flexibility index (Phi) is 4.37. The van der Waals surface area contributed by atoms with E-state index in [1.54, 1.807) is 0 Å². The second-order valence-electron chi connectivity index (χ2n) is 0.209. The number of nitriles is 1. The molecular weight excluding hydrogens is 173 g/mol. The van der Waals surface area contributed by atoms with Crippen LogP contribution >= 0.6 is 8.59 Å². The molecule has 0 spiro atoms. The van der Waals surface area contributed by atoms with Gasteiger partial charge in [0.15, 0.2) is 0 Å². The molecule has 0 saturated heterocycles. The molecule has 0 bridgehead atoms. The summed E-state index contributed by atoms with van der Waals surface area (Å²) in [6.07, 6.45) is 0. The normalized spacial score (nSPS) is 4.75. The zero-order valence-electron chi connectivity index (χ0n) is 1.93. The van der Waals surface area contributed by atoms with Gasteiger partial charge in [0.2, 0.25) is 0 Å². The van der Waals surface area contributed by atoms with Crippen LogP contribution in [-0.2, 0) is 0 Å². The predicted octanol–water partition coefficient (Wildman–Crippen LogP) is 0.284. The summed E-state index contributed by atoms with van der Waals surface area (Å²) < 4.78 is 0. The molecule has 0 aliphatic heterocycles. The molecule has 0 fully saturated rings. The van der Waals surface area contributed by atoms with Crippen LogP contribution < -0.4 is 0 Å². The van der Waals surface area contributed by atoms with Gasteiger partial charge < -0.3 is 0 Å². The standard InChI is InChI=1S/CHNS.In/c2-1-3;/h3H;/q;+1/p-1. The van der Waals surface area contributed by atoms with Crippen LogP contribution in [0.1, 0.15) is 0 Å². The molecule has 0 atom stereocenters. The van der Waals surface area contributed by atoms with Crippen LogP contribution in [0.5, 0.6) is 0 Å². The third-order valence-corrected chi connectivity index (χ3v) is 1.06. The molecule has 2 radical (unpaired) electrons. The van der Waals surface area contributed by atoms with Gasteiger partial charge in [0.05, 0.1) is 0 Å². The van der Waals surface area contributed by atoms with Crippen molar-refractivity contribution in [1.29, 1.82) is 5.26 Å². The van der Waals surface area contributed by atoms with Crippen molar-refractivity contribution in [3.05, 3.63) is 0 Å². The summed E-state index contributed by atoms with van der Waals surface area (Å²) in [5.74, 6) is 0. The fraction of sp³-hybridized carbons (Fsp3) is 0. The predicted molar refractivity (Wildman–Crippen MR) is 19.0 cm³/mol. The first-order valence-corrected chi connectivity index (χ1v) is 5.58. The summed E-state index contributed by atoms with van der Waals surface area (Å²) >= 11 is 0.996. The van der Waals surface area contributed by atoms with Crippen molar-refractivity contribution < 1.29 is 0 Å². The Hall–Kier alpha value is 0.710. The summed E-state index contributed by atoms with van der Waals surface area (Å²) in [6.45, 7) is 0. The molecule has 3 heteroatoms. The number of hydrogen-bond acceptors (Lipinski definition) is 2. The van der Waals surface area contributed by atoms with Crippen LogP contribution in [0.3, 0.4) is 0 Å². The first-order chi connectivity index (χ1) is 1.91. The van der Waals surface area contributed by atoms with Crippen molar-refractivity contribution >= 4 is 31.5 Å². The van der Waals surface area contributed by atoms with Crippen LogP contribution in [0, 0.1) is 10.7 Å². The van der Waals surface area contributed by atoms with E-state index in [4.69, 9.17) is 5.26 Å². The van der Waals surface area contributed by atoms with Crippen molar-refractivity contribution in [3.8, 4) is 5.40 Å². The van der Waals surface area contributed by atoms with Crippen molar-refractivity contribution in [2.45, 2.75) is 0 Å². The van der Waals surface area contributed by atoms with Gasteiger partial charge in [0.1, 0.15) is 0 Å². The fourth-order valence-electron chi connectivity index (χ4n) is 0. The van der Waals surface area contributed by atoms with Gasteiger partial charge >= 0.3 is 42.2 Å². The van der Waals surface area contributed by atoms with E-state index in [1.807, 2.05) is 5.40 Å². The van der Waals surface area contributed by atoms with Crippen molar-refractivity contribution in [2.75, 3.05) is 0 Å². The SMILES string of the molecule is N#C[S][In]. The Bertz CT molecular complexity index is 37.8. The van der Waals surface area contributed by atoms with E-state index in [0.717, 1.165) is 22.9 Å². The number of nitrogens with zero attached hydrogens (tertiary/aromatic N) is 1. The molecule has 0 aromatic carbocycles. The molecule has 1 nitrogen and oxygen atoms in total. The van der Waals surface area contributed by atoms with Gasteiger partial charge in [-0.15, -0.1) is 0 Å². The average Bonchev–Trinajstić information content (AvgIpc) is 1.37. The Morgan fingerprint density at radius 3 is 2.25 bits per heavy atom. The molecule has 0 N–H and O–H groups in total. The third kappa shape index (κ3) is 2.71. The second kappa shape index (κ2) is 3.71. The van der Waals surface area contributed by atoms with E-state index in [-0.39, 0.29) is 0 Å². The van der Waals surface area contributed by atoms with E-state index in [1.165, 1.54) is 8.59 Å². The molecule has 0 aliphatic rings. The molecule has 0 aromatic heterocycles. The van der Waals surface area contributed by atoms with Gasteiger partial charge in [-0.2, -0.15) is 0 Å². The zero-order valence-corrected chi connectivity index (χ0v) is 6.04. The summed E-state index contributed by atoms with van der Waals surface area (Å²) in [5.41, 5.74) is 0. The van der Waals surface area contributed by atoms with Crippen molar-refractivity contribution in [2.24, 2.45) is 0 Å². The molecule has 0 aromatic rings. The maximum absolute atomic E-state index is 7.62. The molecule has 4 heavy (non-hydrogen) atoms. The molecule has 0 rings (SSSR count). The summed E-state index contributed by atoms with van der Waals surface area (Å²) in [7, 11) is 1.29. The summed E-state index contributed by atoms with van der Waals surface area (Å²) in [6, 6.07) is 0. The Morgan fingerprint density at radius 1 is 2.00 bits per heavy atom. The summed E-state index contributed by atoms with van der Waals surface area (Å²) in [5, 5.41) is 9.53. The minimum atomic E-state index is 0.996. The first-order valence-electron chi connectivity index (χ1n) is 0.663. The molecule has 0 unspecified atom stereocenters. The molecule has 0 amide bonds. The molecule has 0 heterocycles. The van der Waals surface area contributed by atoms with E-state index < -0.39 is 0 Å². The zero-order chi connectivity index (χ0) is 3.41. The van der Waals surface area contributed by atoms with Gasteiger partial charge in [0, 0.05) is 0 Å². The third-order valence-electron chi connectivity index (χ3n) is 0.0527. The van der Waals surface area contributed by atoms with Gasteiger partial charge in [-0.3, -0.25) is 0 Å². The fourth-order valence-corrected chi connectivity index (χ4v) is 0. The van der Waals surface area contributed by atoms with Crippen LogP contribution in [-0.4, -0.2) is 22.9 Å². The Labute approximate surface area is 42.2 Å². The quantitative estimate of drug-likeness (QED) is 0.491. The topological polar surface area (TPSA) is 23.8 Å². The summed E-state index contributed by atoms with van der Waals surface area (Å²) in [4.78, 5) is 0. The molecule has 0 aliphatic carbocycles. The number of thiocyanates is 1. The monoisotopic (exact) mass is 173 g/mol. The van der Waals surface area contributed by atoms with Gasteiger partial charge in [-0.05, 0) is 0 Å². The van der Waals surface area contributed by atoms with Crippen molar-refractivity contribution in [1.82, 2.24) is 0 Å². The Morgan fingerprint density at radius 2 is 2.25 bits per heavy atom. The van der Waals surface area contributed by atoms with Gasteiger partial charge in [-0.25, -0.2) is 0 Å². The second-order valence-corrected chi connectivity index (χ2v) is 2.65. The maximum atomic E-state index is 7.62. The van der Waals surface area contributed by atoms with Crippen molar-refractivity contribution in [3.63, 3.8) is 0 Å². The number of hydrogen-bond donors (Lipinski definition) is 0. The van der Waals surface area contributed by atoms with Gasteiger partial charge in [0.25, 0.3) is 0 Å².